The third-order valence-electron chi connectivity index (χ3n) is 6.97. The van der Waals surface area contributed by atoms with E-state index in [1.54, 1.807) is 52.0 Å². The van der Waals surface area contributed by atoms with Crippen molar-refractivity contribution in [1.29, 1.82) is 0 Å². The third-order valence-corrected chi connectivity index (χ3v) is 9.24. The molecular weight excluding hydrogens is 643 g/mol. The molecule has 12 nitrogen and oxygen atoms in total. The van der Waals surface area contributed by atoms with Gasteiger partial charge in [0.25, 0.3) is 5.91 Å². The van der Waals surface area contributed by atoms with E-state index in [1.807, 2.05) is 34.9 Å². The molecule has 2 amide bonds. The molecule has 1 atom stereocenters. The molecule has 0 bridgehead atoms. The maximum Gasteiger partial charge on any atom is 0.348 e. The van der Waals surface area contributed by atoms with E-state index in [2.05, 4.69) is 20.8 Å². The number of rotatable bonds is 15. The van der Waals surface area contributed by atoms with Crippen LogP contribution in [0.2, 0.25) is 0 Å². The summed E-state index contributed by atoms with van der Waals surface area (Å²) in [6, 6.07) is 16.7. The molecular formula is C33H37N5O7S2. The smallest absolute Gasteiger partial charge is 0.348 e. The number of carbonyl (C=O) groups is 4. The van der Waals surface area contributed by atoms with Crippen molar-refractivity contribution in [1.82, 2.24) is 20.1 Å². The van der Waals surface area contributed by atoms with Gasteiger partial charge < -0.3 is 29.4 Å². The van der Waals surface area contributed by atoms with Crippen LogP contribution < -0.4 is 15.4 Å². The molecule has 0 aliphatic rings. The van der Waals surface area contributed by atoms with Crippen molar-refractivity contribution in [2.75, 3.05) is 25.6 Å². The van der Waals surface area contributed by atoms with E-state index < -0.39 is 23.1 Å². The van der Waals surface area contributed by atoms with Gasteiger partial charge in [0.1, 0.15) is 15.6 Å². The third kappa shape index (κ3) is 8.98. The molecule has 4 rings (SSSR count). The lowest BCUT2D eigenvalue weighted by atomic mass is 10.1. The van der Waals surface area contributed by atoms with Crippen molar-refractivity contribution in [3.8, 4) is 5.75 Å². The van der Waals surface area contributed by atoms with Crippen LogP contribution in [0.1, 0.15) is 68.1 Å². The molecule has 0 fully saturated rings. The maximum atomic E-state index is 13.5. The lowest BCUT2D eigenvalue weighted by Gasteiger charge is -2.14. The van der Waals surface area contributed by atoms with Gasteiger partial charge in [0.05, 0.1) is 37.7 Å². The Labute approximate surface area is 281 Å². The van der Waals surface area contributed by atoms with Crippen LogP contribution in [0.25, 0.3) is 0 Å². The summed E-state index contributed by atoms with van der Waals surface area (Å²) in [5, 5.41) is 14.4. The number of thioether (sulfide) groups is 1. The first-order chi connectivity index (χ1) is 22.7. The van der Waals surface area contributed by atoms with E-state index in [0.717, 1.165) is 16.9 Å². The van der Waals surface area contributed by atoms with Gasteiger partial charge in [0.2, 0.25) is 5.91 Å². The van der Waals surface area contributed by atoms with Crippen molar-refractivity contribution in [2.45, 2.75) is 57.6 Å². The largest absolute Gasteiger partial charge is 0.497 e. The molecule has 2 N–H and O–H groups in total. The van der Waals surface area contributed by atoms with Gasteiger partial charge in [0.15, 0.2) is 11.0 Å². The van der Waals surface area contributed by atoms with Crippen LogP contribution in [0.15, 0.2) is 59.8 Å². The van der Waals surface area contributed by atoms with Crippen molar-refractivity contribution in [3.05, 3.63) is 87.6 Å². The van der Waals surface area contributed by atoms with Crippen LogP contribution in [0.4, 0.5) is 5.00 Å². The average molecular weight is 680 g/mol. The standard InChI is InChI=1S/C33H37N5O7S2/c1-6-44-31(41)26-20(3)27(32(42)45-7-2)47-30(26)35-28(39)21(4)46-33-37-36-25(38(33)17-16-22-12-9-8-10-13-22)19-34-29(40)23-14-11-15-24(18-23)43-5/h8-15,18,21H,6-7,16-17,19H2,1-5H3,(H,34,40)(H,35,39). The van der Waals surface area contributed by atoms with Gasteiger partial charge in [-0.2, -0.15) is 0 Å². The Hall–Kier alpha value is -4.69. The summed E-state index contributed by atoms with van der Waals surface area (Å²) >= 11 is 2.15. The summed E-state index contributed by atoms with van der Waals surface area (Å²) in [5.41, 5.74) is 2.04. The van der Waals surface area contributed by atoms with E-state index in [0.29, 0.717) is 40.8 Å². The minimum atomic E-state index is -0.683. The van der Waals surface area contributed by atoms with Crippen LogP contribution >= 0.6 is 23.1 Å². The maximum absolute atomic E-state index is 13.5. The topological polar surface area (TPSA) is 151 Å². The van der Waals surface area contributed by atoms with Crippen LogP contribution in [0.5, 0.6) is 5.75 Å². The monoisotopic (exact) mass is 679 g/mol. The van der Waals surface area contributed by atoms with Gasteiger partial charge in [-0.25, -0.2) is 9.59 Å². The average Bonchev–Trinajstić information content (AvgIpc) is 3.62. The first-order valence-electron chi connectivity index (χ1n) is 15.0. The van der Waals surface area contributed by atoms with Crippen LogP contribution in [-0.2, 0) is 33.8 Å². The number of ether oxygens (including phenoxy) is 3. The minimum Gasteiger partial charge on any atom is -0.497 e. The van der Waals surface area contributed by atoms with Gasteiger partial charge in [-0.1, -0.05) is 48.2 Å². The number of hydrogen-bond acceptors (Lipinski definition) is 11. The Morgan fingerprint density at radius 3 is 2.40 bits per heavy atom. The predicted octanol–water partition coefficient (Wildman–Crippen LogP) is 5.30. The number of nitrogens with one attached hydrogen (secondary N) is 2. The molecule has 1 unspecified atom stereocenters. The van der Waals surface area contributed by atoms with E-state index in [4.69, 9.17) is 14.2 Å². The van der Waals surface area contributed by atoms with E-state index in [1.165, 1.54) is 18.9 Å². The van der Waals surface area contributed by atoms with E-state index >= 15 is 0 Å². The van der Waals surface area contributed by atoms with Crippen LogP contribution in [0, 0.1) is 6.92 Å². The Bertz CT molecular complexity index is 1720. The highest BCUT2D eigenvalue weighted by atomic mass is 32.2. The summed E-state index contributed by atoms with van der Waals surface area (Å²) in [6.45, 7) is 7.58. The number of aromatic nitrogens is 3. The van der Waals surface area contributed by atoms with E-state index in [9.17, 15) is 19.2 Å². The molecule has 2 aromatic heterocycles. The number of benzene rings is 2. The van der Waals surface area contributed by atoms with Gasteiger partial charge in [-0.05, 0) is 63.4 Å². The fourth-order valence-electron chi connectivity index (χ4n) is 4.54. The Kier molecular flexibility index (Phi) is 12.5. The number of anilines is 1. The van der Waals surface area contributed by atoms with Gasteiger partial charge in [0, 0.05) is 12.1 Å². The molecule has 4 aromatic rings. The minimum absolute atomic E-state index is 0.104. The first-order valence-corrected chi connectivity index (χ1v) is 16.7. The SMILES string of the molecule is CCOC(=O)c1sc(NC(=O)C(C)Sc2nnc(CNC(=O)c3cccc(OC)c3)n2CCc2ccccc2)c(C(=O)OCC)c1C. The molecule has 0 aliphatic carbocycles. The quantitative estimate of drug-likeness (QED) is 0.125. The van der Waals surface area contributed by atoms with E-state index in [-0.39, 0.29) is 41.1 Å². The summed E-state index contributed by atoms with van der Waals surface area (Å²) < 4.78 is 17.5. The van der Waals surface area contributed by atoms with Crippen LogP contribution in [-0.4, -0.2) is 64.1 Å². The Morgan fingerprint density at radius 2 is 1.70 bits per heavy atom. The molecule has 47 heavy (non-hydrogen) atoms. The second kappa shape index (κ2) is 16.7. The zero-order chi connectivity index (χ0) is 33.9. The molecule has 2 aromatic carbocycles. The summed E-state index contributed by atoms with van der Waals surface area (Å²) in [4.78, 5) is 51.9. The van der Waals surface area contributed by atoms with Crippen LogP contribution in [0.3, 0.4) is 0 Å². The molecule has 0 saturated heterocycles. The molecule has 2 heterocycles. The number of methoxy groups -OCH3 is 1. The highest BCUT2D eigenvalue weighted by Gasteiger charge is 2.29. The molecule has 0 saturated carbocycles. The fraction of sp³-hybridized carbons (Fsp3) is 0.333. The summed E-state index contributed by atoms with van der Waals surface area (Å²) in [7, 11) is 1.54. The summed E-state index contributed by atoms with van der Waals surface area (Å²) in [6.07, 6.45) is 0.665. The predicted molar refractivity (Wildman–Crippen MR) is 179 cm³/mol. The normalized spacial score (nSPS) is 11.4. The zero-order valence-corrected chi connectivity index (χ0v) is 28.5. The Balaban J connectivity index is 1.54. The number of carbonyl (C=O) groups excluding carboxylic acids is 4. The van der Waals surface area contributed by atoms with Gasteiger partial charge >= 0.3 is 11.9 Å². The number of nitrogens with zero attached hydrogens (tertiary/aromatic N) is 3. The summed E-state index contributed by atoms with van der Waals surface area (Å²) in [5.74, 6) is -0.852. The van der Waals surface area contributed by atoms with Gasteiger partial charge in [-0.3, -0.25) is 9.59 Å². The number of hydrogen-bond donors (Lipinski definition) is 2. The van der Waals surface area contributed by atoms with Crippen molar-refractivity contribution >= 4 is 51.9 Å². The second-order valence-electron chi connectivity index (χ2n) is 10.2. The lowest BCUT2D eigenvalue weighted by Crippen LogP contribution is -2.26. The van der Waals surface area contributed by atoms with Crippen molar-refractivity contribution in [2.24, 2.45) is 0 Å². The highest BCUT2D eigenvalue weighted by Crippen LogP contribution is 2.35. The lowest BCUT2D eigenvalue weighted by molar-refractivity contribution is -0.115. The zero-order valence-electron chi connectivity index (χ0n) is 26.8. The number of thiophene rings is 1. The van der Waals surface area contributed by atoms with Crippen molar-refractivity contribution in [3.63, 3.8) is 0 Å². The molecule has 248 valence electrons. The molecule has 0 spiro atoms. The van der Waals surface area contributed by atoms with Crippen molar-refractivity contribution < 1.29 is 33.4 Å². The molecule has 0 aliphatic heterocycles. The first kappa shape index (κ1) is 35.2. The highest BCUT2D eigenvalue weighted by molar-refractivity contribution is 8.00. The number of esters is 2. The Morgan fingerprint density at radius 1 is 0.979 bits per heavy atom. The molecule has 14 heteroatoms. The number of amides is 2. The van der Waals surface area contributed by atoms with Gasteiger partial charge in [-0.15, -0.1) is 21.5 Å². The second-order valence-corrected chi connectivity index (χ2v) is 12.5. The fourth-order valence-corrected chi connectivity index (χ4v) is 6.53. The molecule has 0 radical (unpaired) electrons. The number of aryl methyl sites for hydroxylation is 1.